The number of nitrogens with one attached hydrogen (secondary N) is 2. The first-order valence-electron chi connectivity index (χ1n) is 6.67. The van der Waals surface area contributed by atoms with Crippen molar-refractivity contribution in [3.8, 4) is 5.75 Å². The van der Waals surface area contributed by atoms with Crippen LogP contribution in [0.5, 0.6) is 5.75 Å². The molecule has 24 heavy (non-hydrogen) atoms. The first-order valence-corrected chi connectivity index (χ1v) is 6.67. The van der Waals surface area contributed by atoms with Crippen molar-refractivity contribution < 1.29 is 27.5 Å². The van der Waals surface area contributed by atoms with Crippen LogP contribution in [0.25, 0.3) is 0 Å². The third-order valence-corrected chi connectivity index (χ3v) is 2.73. The zero-order chi connectivity index (χ0) is 17.6. The van der Waals surface area contributed by atoms with E-state index >= 15 is 0 Å². The second kappa shape index (κ2) is 7.44. The minimum absolute atomic E-state index is 0.000751. The van der Waals surface area contributed by atoms with Crippen LogP contribution in [0, 0.1) is 0 Å². The molecular formula is C15H12F3N3O3. The molecule has 0 atom stereocenters. The lowest BCUT2D eigenvalue weighted by atomic mass is 10.2. The van der Waals surface area contributed by atoms with E-state index in [4.69, 9.17) is 0 Å². The Labute approximate surface area is 134 Å². The maximum absolute atomic E-state index is 12.1. The lowest BCUT2D eigenvalue weighted by molar-refractivity contribution is -0.274. The number of ether oxygens (including phenoxy) is 1. The average Bonchev–Trinajstić information content (AvgIpc) is 2.52. The second-order valence-electron chi connectivity index (χ2n) is 4.57. The van der Waals surface area contributed by atoms with Gasteiger partial charge in [-0.1, -0.05) is 6.07 Å². The van der Waals surface area contributed by atoms with Gasteiger partial charge in [-0.25, -0.2) is 0 Å². The number of amides is 2. The number of benzene rings is 1. The minimum Gasteiger partial charge on any atom is -0.406 e. The van der Waals surface area contributed by atoms with E-state index in [2.05, 4.69) is 20.4 Å². The number of alkyl halides is 3. The Morgan fingerprint density at radius 2 is 1.79 bits per heavy atom. The number of pyridine rings is 1. The molecule has 6 nitrogen and oxygen atoms in total. The number of anilines is 1. The summed E-state index contributed by atoms with van der Waals surface area (Å²) >= 11 is 0. The van der Waals surface area contributed by atoms with Crippen molar-refractivity contribution in [1.29, 1.82) is 0 Å². The Morgan fingerprint density at radius 1 is 1.08 bits per heavy atom. The summed E-state index contributed by atoms with van der Waals surface area (Å²) in [6.07, 6.45) is -1.77. The van der Waals surface area contributed by atoms with Gasteiger partial charge in [0.15, 0.2) is 0 Å². The quantitative estimate of drug-likeness (QED) is 0.837. The molecule has 0 aliphatic rings. The van der Waals surface area contributed by atoms with Crippen LogP contribution in [0.4, 0.5) is 18.9 Å². The third kappa shape index (κ3) is 5.59. The summed E-state index contributed by atoms with van der Waals surface area (Å²) in [5.74, 6) is -2.43. The van der Waals surface area contributed by atoms with Gasteiger partial charge in [-0.05, 0) is 29.8 Å². The van der Waals surface area contributed by atoms with E-state index in [1.54, 1.807) is 12.1 Å². The molecule has 1 aromatic carbocycles. The number of hydrogen-bond acceptors (Lipinski definition) is 4. The van der Waals surface area contributed by atoms with Gasteiger partial charge in [0, 0.05) is 30.7 Å². The molecule has 0 unspecified atom stereocenters. The van der Waals surface area contributed by atoms with E-state index in [9.17, 15) is 22.8 Å². The van der Waals surface area contributed by atoms with Crippen LogP contribution in [-0.2, 0) is 16.1 Å². The van der Waals surface area contributed by atoms with Gasteiger partial charge >= 0.3 is 18.2 Å². The molecule has 0 bridgehead atoms. The number of carbonyl (C=O) groups is 2. The lowest BCUT2D eigenvalue weighted by Crippen LogP contribution is -2.34. The SMILES string of the molecule is O=C(NCc1ccncc1)C(=O)Nc1cccc(OC(F)(F)F)c1. The number of carbonyl (C=O) groups excluding carboxylic acids is 2. The Kier molecular flexibility index (Phi) is 5.35. The molecule has 0 saturated carbocycles. The fourth-order valence-electron chi connectivity index (χ4n) is 1.72. The van der Waals surface area contributed by atoms with Crippen molar-refractivity contribution in [2.75, 3.05) is 5.32 Å². The van der Waals surface area contributed by atoms with E-state index in [1.807, 2.05) is 0 Å². The summed E-state index contributed by atoms with van der Waals surface area (Å²) in [4.78, 5) is 27.2. The number of halogens is 3. The molecule has 2 N–H and O–H groups in total. The molecule has 0 fully saturated rings. The monoisotopic (exact) mass is 339 g/mol. The molecule has 2 rings (SSSR count). The van der Waals surface area contributed by atoms with Gasteiger partial charge in [0.2, 0.25) is 0 Å². The molecule has 0 aliphatic heterocycles. The maximum Gasteiger partial charge on any atom is 0.573 e. The van der Waals surface area contributed by atoms with Gasteiger partial charge in [0.05, 0.1) is 0 Å². The highest BCUT2D eigenvalue weighted by atomic mass is 19.4. The normalized spacial score (nSPS) is 10.8. The molecular weight excluding hydrogens is 327 g/mol. The first-order chi connectivity index (χ1) is 11.3. The highest BCUT2D eigenvalue weighted by molar-refractivity contribution is 6.39. The van der Waals surface area contributed by atoms with E-state index in [-0.39, 0.29) is 12.2 Å². The number of aromatic nitrogens is 1. The van der Waals surface area contributed by atoms with Crippen LogP contribution in [-0.4, -0.2) is 23.2 Å². The van der Waals surface area contributed by atoms with E-state index in [0.29, 0.717) is 0 Å². The highest BCUT2D eigenvalue weighted by Crippen LogP contribution is 2.24. The van der Waals surface area contributed by atoms with Gasteiger partial charge < -0.3 is 15.4 Å². The van der Waals surface area contributed by atoms with Crippen molar-refractivity contribution in [3.63, 3.8) is 0 Å². The van der Waals surface area contributed by atoms with Gasteiger partial charge in [-0.15, -0.1) is 13.2 Å². The van der Waals surface area contributed by atoms with Crippen molar-refractivity contribution in [2.24, 2.45) is 0 Å². The lowest BCUT2D eigenvalue weighted by Gasteiger charge is -2.10. The molecule has 0 saturated heterocycles. The largest absolute Gasteiger partial charge is 0.573 e. The first kappa shape index (κ1) is 17.3. The number of hydrogen-bond donors (Lipinski definition) is 2. The predicted molar refractivity (Wildman–Crippen MR) is 77.8 cm³/mol. The molecule has 126 valence electrons. The van der Waals surface area contributed by atoms with Crippen molar-refractivity contribution in [1.82, 2.24) is 10.3 Å². The van der Waals surface area contributed by atoms with E-state index in [0.717, 1.165) is 17.7 Å². The van der Waals surface area contributed by atoms with Crippen molar-refractivity contribution >= 4 is 17.5 Å². The van der Waals surface area contributed by atoms with Crippen LogP contribution in [0.15, 0.2) is 48.8 Å². The third-order valence-electron chi connectivity index (χ3n) is 2.73. The summed E-state index contributed by atoms with van der Waals surface area (Å²) in [5.41, 5.74) is 0.743. The number of rotatable bonds is 4. The Hall–Kier alpha value is -3.10. The molecule has 0 aliphatic carbocycles. The molecule has 0 radical (unpaired) electrons. The van der Waals surface area contributed by atoms with Gasteiger partial charge in [0.1, 0.15) is 5.75 Å². The standard InChI is InChI=1S/C15H12F3N3O3/c16-15(17,18)24-12-3-1-2-11(8-12)21-14(23)13(22)20-9-10-4-6-19-7-5-10/h1-8H,9H2,(H,20,22)(H,21,23). The minimum atomic E-state index is -4.84. The van der Waals surface area contributed by atoms with Crippen molar-refractivity contribution in [3.05, 3.63) is 54.4 Å². The van der Waals surface area contributed by atoms with Gasteiger partial charge in [0.25, 0.3) is 0 Å². The van der Waals surface area contributed by atoms with Gasteiger partial charge in [-0.3, -0.25) is 14.6 Å². The number of nitrogens with zero attached hydrogens (tertiary/aromatic N) is 1. The van der Waals surface area contributed by atoms with Crippen molar-refractivity contribution in [2.45, 2.75) is 12.9 Å². The predicted octanol–water partition coefficient (Wildman–Crippen LogP) is 2.24. The maximum atomic E-state index is 12.1. The summed E-state index contributed by atoms with van der Waals surface area (Å²) < 4.78 is 40.2. The van der Waals surface area contributed by atoms with Crippen LogP contribution in [0.3, 0.4) is 0 Å². The Bertz CT molecular complexity index is 721. The molecule has 2 aromatic rings. The summed E-state index contributed by atoms with van der Waals surface area (Å²) in [7, 11) is 0. The molecule has 1 heterocycles. The average molecular weight is 339 g/mol. The Morgan fingerprint density at radius 3 is 2.46 bits per heavy atom. The van der Waals surface area contributed by atoms with Crippen LogP contribution >= 0.6 is 0 Å². The van der Waals surface area contributed by atoms with Crippen LogP contribution in [0.2, 0.25) is 0 Å². The van der Waals surface area contributed by atoms with Crippen LogP contribution in [0.1, 0.15) is 5.56 Å². The topological polar surface area (TPSA) is 80.3 Å². The highest BCUT2D eigenvalue weighted by Gasteiger charge is 2.31. The molecule has 1 aromatic heterocycles. The fourth-order valence-corrected chi connectivity index (χ4v) is 1.72. The fraction of sp³-hybridized carbons (Fsp3) is 0.133. The van der Waals surface area contributed by atoms with E-state index in [1.165, 1.54) is 24.5 Å². The Balaban J connectivity index is 1.91. The zero-order valence-electron chi connectivity index (χ0n) is 12.1. The second-order valence-corrected chi connectivity index (χ2v) is 4.57. The summed E-state index contributed by atoms with van der Waals surface area (Å²) in [6.45, 7) is 0.117. The summed E-state index contributed by atoms with van der Waals surface area (Å²) in [5, 5.41) is 4.58. The smallest absolute Gasteiger partial charge is 0.406 e. The zero-order valence-corrected chi connectivity index (χ0v) is 12.1. The molecule has 0 spiro atoms. The van der Waals surface area contributed by atoms with E-state index < -0.39 is 23.9 Å². The molecule has 2 amide bonds. The van der Waals surface area contributed by atoms with Crippen LogP contribution < -0.4 is 15.4 Å². The molecule has 9 heteroatoms. The summed E-state index contributed by atoms with van der Waals surface area (Å²) in [6, 6.07) is 7.95. The van der Waals surface area contributed by atoms with Gasteiger partial charge in [-0.2, -0.15) is 0 Å².